The molecule has 0 aromatic carbocycles. The number of carbonyl (C=O) groups excluding carboxylic acids is 1. The molecule has 0 aromatic heterocycles. The van der Waals surface area contributed by atoms with Crippen LogP contribution in [0, 0.1) is 5.41 Å². The van der Waals surface area contributed by atoms with Gasteiger partial charge in [-0.25, -0.2) is 4.79 Å². The van der Waals surface area contributed by atoms with E-state index in [1.54, 1.807) is 11.0 Å². The molecule has 4 heteroatoms. The van der Waals surface area contributed by atoms with Gasteiger partial charge in [0.05, 0.1) is 0 Å². The highest BCUT2D eigenvalue weighted by molar-refractivity contribution is 6.06. The Hall–Kier alpha value is -1.32. The lowest BCUT2D eigenvalue weighted by Gasteiger charge is -2.35. The Labute approximate surface area is 96.2 Å². The van der Waals surface area contributed by atoms with Gasteiger partial charge < -0.3 is 10.6 Å². The van der Waals surface area contributed by atoms with E-state index in [1.807, 2.05) is 0 Å². The van der Waals surface area contributed by atoms with Crippen molar-refractivity contribution in [2.24, 2.45) is 16.1 Å². The summed E-state index contributed by atoms with van der Waals surface area (Å²) in [6.07, 6.45) is 4.62. The highest BCUT2D eigenvalue weighted by Gasteiger charge is 2.54. The number of hydrogen-bond acceptors (Lipinski definition) is 2. The van der Waals surface area contributed by atoms with Crippen molar-refractivity contribution in [3.8, 4) is 0 Å². The van der Waals surface area contributed by atoms with E-state index in [2.05, 4.69) is 25.4 Å². The average molecular weight is 221 g/mol. The number of nitrogens with zero attached hydrogens (tertiary/aromatic N) is 2. The monoisotopic (exact) mass is 221 g/mol. The second kappa shape index (κ2) is 3.34. The van der Waals surface area contributed by atoms with Gasteiger partial charge in [0.25, 0.3) is 0 Å². The topological polar surface area (TPSA) is 58.7 Å². The van der Waals surface area contributed by atoms with Crippen LogP contribution in [0.5, 0.6) is 0 Å². The number of amides is 2. The van der Waals surface area contributed by atoms with Gasteiger partial charge in [-0.2, -0.15) is 4.99 Å². The molecule has 1 saturated carbocycles. The average Bonchev–Trinajstić information content (AvgIpc) is 2.61. The van der Waals surface area contributed by atoms with Gasteiger partial charge >= 0.3 is 6.03 Å². The van der Waals surface area contributed by atoms with Gasteiger partial charge in [0.15, 0.2) is 0 Å². The van der Waals surface area contributed by atoms with Crippen LogP contribution in [0.2, 0.25) is 0 Å². The van der Waals surface area contributed by atoms with Crippen LogP contribution >= 0.6 is 0 Å². The minimum atomic E-state index is -0.339. The molecule has 4 nitrogen and oxygen atoms in total. The second-order valence-electron chi connectivity index (χ2n) is 5.55. The van der Waals surface area contributed by atoms with Gasteiger partial charge in [-0.1, -0.05) is 19.9 Å². The fourth-order valence-electron chi connectivity index (χ4n) is 2.93. The Bertz CT molecular complexity index is 372. The third kappa shape index (κ3) is 1.44. The van der Waals surface area contributed by atoms with Gasteiger partial charge in [-0.3, -0.25) is 0 Å². The predicted octanol–water partition coefficient (Wildman–Crippen LogP) is 1.91. The number of hydrogen-bond donors (Lipinski definition) is 1. The van der Waals surface area contributed by atoms with Crippen LogP contribution < -0.4 is 5.73 Å². The van der Waals surface area contributed by atoms with Crippen LogP contribution in [0.3, 0.4) is 0 Å². The molecule has 2 aliphatic rings. The maximum Gasteiger partial charge on any atom is 0.346 e. The summed E-state index contributed by atoms with van der Waals surface area (Å²) in [5.74, 6) is 0.491. The quantitative estimate of drug-likeness (QED) is 0.724. The summed E-state index contributed by atoms with van der Waals surface area (Å²) in [5, 5.41) is 0. The molecule has 88 valence electrons. The summed E-state index contributed by atoms with van der Waals surface area (Å²) >= 11 is 0. The molecule has 1 heterocycles. The van der Waals surface area contributed by atoms with Gasteiger partial charge in [-0.05, 0) is 24.7 Å². The third-order valence-corrected chi connectivity index (χ3v) is 3.74. The Morgan fingerprint density at radius 2 is 2.25 bits per heavy atom. The van der Waals surface area contributed by atoms with Crippen LogP contribution in [0.4, 0.5) is 4.79 Å². The minimum absolute atomic E-state index is 0.213. The SMILES string of the molecule is C=CCN1C(=O)N=C(N)C12CCC(C)(C)C2. The molecule has 0 saturated heterocycles. The molecule has 1 atom stereocenters. The summed E-state index contributed by atoms with van der Waals surface area (Å²) in [6, 6.07) is -0.213. The first-order valence-electron chi connectivity index (χ1n) is 5.68. The summed E-state index contributed by atoms with van der Waals surface area (Å²) in [5.41, 5.74) is 5.85. The number of amidine groups is 1. The van der Waals surface area contributed by atoms with Crippen LogP contribution in [-0.2, 0) is 0 Å². The van der Waals surface area contributed by atoms with E-state index in [9.17, 15) is 4.79 Å². The molecule has 0 radical (unpaired) electrons. The third-order valence-electron chi connectivity index (χ3n) is 3.74. The molecule has 1 fully saturated rings. The number of aliphatic imine (C=N–C) groups is 1. The van der Waals surface area contributed by atoms with Crippen molar-refractivity contribution in [1.82, 2.24) is 4.90 Å². The highest BCUT2D eigenvalue weighted by Crippen LogP contribution is 2.48. The molecule has 2 N–H and O–H groups in total. The first kappa shape index (κ1) is 11.2. The smallest absolute Gasteiger partial charge is 0.346 e. The first-order valence-corrected chi connectivity index (χ1v) is 5.68. The first-order chi connectivity index (χ1) is 7.41. The fourth-order valence-corrected chi connectivity index (χ4v) is 2.93. The maximum absolute atomic E-state index is 11.8. The zero-order chi connectivity index (χ0) is 12.0. The molecule has 2 amide bonds. The molecule has 16 heavy (non-hydrogen) atoms. The zero-order valence-corrected chi connectivity index (χ0v) is 9.99. The number of carbonyl (C=O) groups is 1. The Kier molecular flexibility index (Phi) is 2.33. The Morgan fingerprint density at radius 1 is 1.56 bits per heavy atom. The van der Waals surface area contributed by atoms with Crippen molar-refractivity contribution in [3.05, 3.63) is 12.7 Å². The molecule has 2 rings (SSSR count). The Balaban J connectivity index is 2.34. The summed E-state index contributed by atoms with van der Waals surface area (Å²) in [6.45, 7) is 8.64. The lowest BCUT2D eigenvalue weighted by molar-refractivity contribution is 0.175. The van der Waals surface area contributed by atoms with Crippen molar-refractivity contribution < 1.29 is 4.79 Å². The molecule has 1 unspecified atom stereocenters. The van der Waals surface area contributed by atoms with Crippen molar-refractivity contribution in [3.63, 3.8) is 0 Å². The van der Waals surface area contributed by atoms with Crippen LogP contribution in [0.1, 0.15) is 33.1 Å². The molecule has 0 aromatic rings. The second-order valence-corrected chi connectivity index (χ2v) is 5.55. The normalized spacial score (nSPS) is 32.2. The summed E-state index contributed by atoms with van der Waals surface area (Å²) in [4.78, 5) is 17.4. The summed E-state index contributed by atoms with van der Waals surface area (Å²) in [7, 11) is 0. The van der Waals surface area contributed by atoms with Crippen molar-refractivity contribution >= 4 is 11.9 Å². The number of urea groups is 1. The zero-order valence-electron chi connectivity index (χ0n) is 9.99. The standard InChI is InChI=1S/C12H19N3O/c1-4-7-15-10(16)14-9(13)12(15)6-5-11(2,3)8-12/h4H,1,5-8H2,2-3H3,(H2,13,14,16). The van der Waals surface area contributed by atoms with E-state index >= 15 is 0 Å². The summed E-state index contributed by atoms with van der Waals surface area (Å²) < 4.78 is 0. The van der Waals surface area contributed by atoms with Gasteiger partial charge in [0, 0.05) is 6.54 Å². The van der Waals surface area contributed by atoms with Gasteiger partial charge in [-0.15, -0.1) is 6.58 Å². The van der Waals surface area contributed by atoms with Crippen molar-refractivity contribution in [1.29, 1.82) is 0 Å². The number of rotatable bonds is 2. The minimum Gasteiger partial charge on any atom is -0.385 e. The van der Waals surface area contributed by atoms with E-state index < -0.39 is 0 Å². The van der Waals surface area contributed by atoms with Crippen LogP contribution in [-0.4, -0.2) is 28.9 Å². The van der Waals surface area contributed by atoms with E-state index in [4.69, 9.17) is 5.73 Å². The fraction of sp³-hybridized carbons (Fsp3) is 0.667. The largest absolute Gasteiger partial charge is 0.385 e. The molecule has 1 aliphatic heterocycles. The lowest BCUT2D eigenvalue weighted by atomic mass is 9.86. The van der Waals surface area contributed by atoms with E-state index in [0.29, 0.717) is 12.4 Å². The molecular formula is C12H19N3O. The molecule has 1 spiro atoms. The van der Waals surface area contributed by atoms with Crippen LogP contribution in [0.15, 0.2) is 17.6 Å². The van der Waals surface area contributed by atoms with Gasteiger partial charge in [0.1, 0.15) is 11.4 Å². The lowest BCUT2D eigenvalue weighted by Crippen LogP contribution is -2.52. The van der Waals surface area contributed by atoms with Crippen molar-refractivity contribution in [2.75, 3.05) is 6.54 Å². The maximum atomic E-state index is 11.8. The molecular weight excluding hydrogens is 202 g/mol. The van der Waals surface area contributed by atoms with E-state index in [-0.39, 0.29) is 17.0 Å². The number of nitrogens with two attached hydrogens (primary N) is 1. The molecule has 0 bridgehead atoms. The van der Waals surface area contributed by atoms with Crippen molar-refractivity contribution in [2.45, 2.75) is 38.6 Å². The highest BCUT2D eigenvalue weighted by atomic mass is 16.2. The van der Waals surface area contributed by atoms with Crippen LogP contribution in [0.25, 0.3) is 0 Å². The predicted molar refractivity (Wildman–Crippen MR) is 64.3 cm³/mol. The van der Waals surface area contributed by atoms with Gasteiger partial charge in [0.2, 0.25) is 0 Å². The van der Waals surface area contributed by atoms with E-state index in [1.165, 1.54) is 0 Å². The van der Waals surface area contributed by atoms with E-state index in [0.717, 1.165) is 19.3 Å². The Morgan fingerprint density at radius 3 is 2.75 bits per heavy atom. The molecule has 1 aliphatic carbocycles.